The lowest BCUT2D eigenvalue weighted by Gasteiger charge is -2.34. The normalized spacial score (nSPS) is 19.2. The van der Waals surface area contributed by atoms with Crippen molar-refractivity contribution in [1.82, 2.24) is 0 Å². The third kappa shape index (κ3) is 3.68. The molecule has 3 rings (SSSR count). The highest BCUT2D eigenvalue weighted by Crippen LogP contribution is 2.56. The van der Waals surface area contributed by atoms with Crippen molar-refractivity contribution in [2.75, 3.05) is 0 Å². The Morgan fingerprint density at radius 1 is 0.800 bits per heavy atom. The molecule has 1 fully saturated rings. The molecule has 2 N–H and O–H groups in total. The zero-order chi connectivity index (χ0) is 22.3. The minimum Gasteiger partial charge on any atom is -0.507 e. The molecule has 0 heterocycles. The number of rotatable bonds is 8. The van der Waals surface area contributed by atoms with Crippen molar-refractivity contribution in [1.29, 1.82) is 0 Å². The number of aromatic hydroxyl groups is 1. The molecule has 0 amide bonds. The van der Waals surface area contributed by atoms with Gasteiger partial charge in [-0.15, -0.1) is 0 Å². The molecule has 0 spiro atoms. The Morgan fingerprint density at radius 2 is 1.33 bits per heavy atom. The monoisotopic (exact) mass is 408 g/mol. The lowest BCUT2D eigenvalue weighted by molar-refractivity contribution is 0.00786. The van der Waals surface area contributed by atoms with E-state index in [2.05, 4.69) is 65.0 Å². The van der Waals surface area contributed by atoms with Gasteiger partial charge >= 0.3 is 0 Å². The van der Waals surface area contributed by atoms with Crippen molar-refractivity contribution in [2.45, 2.75) is 97.5 Å². The van der Waals surface area contributed by atoms with Gasteiger partial charge in [0.15, 0.2) is 0 Å². The minimum atomic E-state index is -0.520. The molecule has 1 saturated carbocycles. The molecule has 2 aromatic carbocycles. The van der Waals surface area contributed by atoms with Crippen LogP contribution in [0.25, 0.3) is 0 Å². The van der Waals surface area contributed by atoms with Crippen LogP contribution in [-0.2, 0) is 5.41 Å². The molecule has 2 nitrogen and oxygen atoms in total. The van der Waals surface area contributed by atoms with Gasteiger partial charge in [0.25, 0.3) is 0 Å². The second-order valence-electron chi connectivity index (χ2n) is 9.58. The summed E-state index contributed by atoms with van der Waals surface area (Å²) in [6.07, 6.45) is 4.79. The predicted molar refractivity (Wildman–Crippen MR) is 127 cm³/mol. The summed E-state index contributed by atoms with van der Waals surface area (Å²) in [5, 5.41) is 21.2. The molecule has 1 aliphatic rings. The Bertz CT molecular complexity index is 880. The zero-order valence-corrected chi connectivity index (χ0v) is 20.0. The third-order valence-electron chi connectivity index (χ3n) is 8.18. The van der Waals surface area contributed by atoms with Gasteiger partial charge in [-0.05, 0) is 98.1 Å². The van der Waals surface area contributed by atoms with Gasteiger partial charge in [-0.2, -0.15) is 0 Å². The number of benzene rings is 2. The Hall–Kier alpha value is -1.80. The lowest BCUT2D eigenvalue weighted by Crippen LogP contribution is -2.30. The first-order valence-electron chi connectivity index (χ1n) is 11.8. The molecule has 0 saturated heterocycles. The van der Waals surface area contributed by atoms with Crippen molar-refractivity contribution >= 4 is 0 Å². The smallest absolute Gasteiger partial charge is 0.121 e. The van der Waals surface area contributed by atoms with E-state index in [1.54, 1.807) is 0 Å². The minimum absolute atomic E-state index is 0.0525. The summed E-state index contributed by atoms with van der Waals surface area (Å²) in [5.74, 6) is 1.28. The third-order valence-corrected chi connectivity index (χ3v) is 8.18. The topological polar surface area (TPSA) is 40.5 Å². The molecule has 2 atom stereocenters. The summed E-state index contributed by atoms with van der Waals surface area (Å²) in [7, 11) is 0. The van der Waals surface area contributed by atoms with Crippen molar-refractivity contribution in [3.63, 3.8) is 0 Å². The average Bonchev–Trinajstić information content (AvgIpc) is 3.54. The Kier molecular flexibility index (Phi) is 6.39. The predicted octanol–water partition coefficient (Wildman–Crippen LogP) is 7.08. The maximum absolute atomic E-state index is 11.0. The Balaban J connectivity index is 2.00. The fraction of sp³-hybridized carbons (Fsp3) is 0.571. The van der Waals surface area contributed by atoms with Gasteiger partial charge in [0, 0.05) is 5.41 Å². The van der Waals surface area contributed by atoms with E-state index in [9.17, 15) is 10.2 Å². The highest BCUT2D eigenvalue weighted by atomic mass is 16.3. The molecule has 0 bridgehead atoms. The fourth-order valence-electron chi connectivity index (χ4n) is 5.76. The molecule has 1 aliphatic carbocycles. The first kappa shape index (κ1) is 22.9. The number of hydrogen-bond acceptors (Lipinski definition) is 2. The molecule has 30 heavy (non-hydrogen) atoms. The first-order valence-corrected chi connectivity index (χ1v) is 11.8. The number of phenols is 1. The van der Waals surface area contributed by atoms with Gasteiger partial charge in [0.05, 0.1) is 5.60 Å². The van der Waals surface area contributed by atoms with Crippen LogP contribution in [-0.4, -0.2) is 15.8 Å². The average molecular weight is 409 g/mol. The van der Waals surface area contributed by atoms with Crippen LogP contribution in [0.4, 0.5) is 0 Å². The zero-order valence-electron chi connectivity index (χ0n) is 20.0. The van der Waals surface area contributed by atoms with Crippen LogP contribution >= 0.6 is 0 Å². The van der Waals surface area contributed by atoms with Gasteiger partial charge in [-0.1, -0.05) is 58.0 Å². The van der Waals surface area contributed by atoms with E-state index in [1.807, 2.05) is 13.8 Å². The van der Waals surface area contributed by atoms with Gasteiger partial charge < -0.3 is 10.2 Å². The van der Waals surface area contributed by atoms with Gasteiger partial charge in [-0.25, -0.2) is 0 Å². The summed E-state index contributed by atoms with van der Waals surface area (Å²) >= 11 is 0. The molecular formula is C28H40O2. The van der Waals surface area contributed by atoms with E-state index in [0.717, 1.165) is 43.2 Å². The maximum Gasteiger partial charge on any atom is 0.121 e. The first-order chi connectivity index (χ1) is 14.2. The number of aryl methyl sites for hydroxylation is 3. The summed E-state index contributed by atoms with van der Waals surface area (Å²) in [4.78, 5) is 0. The quantitative estimate of drug-likeness (QED) is 0.490. The van der Waals surface area contributed by atoms with Gasteiger partial charge in [0.1, 0.15) is 5.75 Å². The van der Waals surface area contributed by atoms with Crippen LogP contribution in [0.5, 0.6) is 5.75 Å². The van der Waals surface area contributed by atoms with Gasteiger partial charge in [-0.3, -0.25) is 0 Å². The van der Waals surface area contributed by atoms with Crippen molar-refractivity contribution in [2.24, 2.45) is 5.92 Å². The molecule has 2 aromatic rings. The van der Waals surface area contributed by atoms with Crippen molar-refractivity contribution in [3.8, 4) is 5.75 Å². The van der Waals surface area contributed by atoms with E-state index >= 15 is 0 Å². The van der Waals surface area contributed by atoms with Crippen LogP contribution in [0, 0.1) is 26.7 Å². The molecule has 2 unspecified atom stereocenters. The summed E-state index contributed by atoms with van der Waals surface area (Å²) in [6, 6.07) is 11.4. The van der Waals surface area contributed by atoms with Crippen LogP contribution in [0.2, 0.25) is 0 Å². The summed E-state index contributed by atoms with van der Waals surface area (Å²) in [6.45, 7) is 15.0. The largest absolute Gasteiger partial charge is 0.507 e. The van der Waals surface area contributed by atoms with Crippen molar-refractivity contribution < 1.29 is 10.2 Å². The molecule has 0 radical (unpaired) electrons. The van der Waals surface area contributed by atoms with Crippen LogP contribution in [0.15, 0.2) is 30.3 Å². The lowest BCUT2D eigenvalue weighted by atomic mass is 9.69. The summed E-state index contributed by atoms with van der Waals surface area (Å²) < 4.78 is 0. The Labute approximate surface area is 183 Å². The molecular weight excluding hydrogens is 368 g/mol. The Morgan fingerprint density at radius 3 is 1.80 bits per heavy atom. The number of phenolic OH excluding ortho intramolecular Hbond substituents is 1. The fourth-order valence-corrected chi connectivity index (χ4v) is 5.76. The van der Waals surface area contributed by atoms with Crippen LogP contribution in [0.3, 0.4) is 0 Å². The SMILES string of the molecule is CCC(CC)(c1ccc(C2CC2C(O)(CC)CC)c(C)c1)c1cc(C)c(O)c(C)c1. The molecule has 0 aromatic heterocycles. The van der Waals surface area contributed by atoms with Gasteiger partial charge in [0.2, 0.25) is 0 Å². The van der Waals surface area contributed by atoms with E-state index in [-0.39, 0.29) is 5.41 Å². The van der Waals surface area contributed by atoms with E-state index in [1.165, 1.54) is 22.3 Å². The second kappa shape index (κ2) is 8.38. The van der Waals surface area contributed by atoms with E-state index in [4.69, 9.17) is 0 Å². The second-order valence-corrected chi connectivity index (χ2v) is 9.58. The number of aliphatic hydroxyl groups is 1. The highest BCUT2D eigenvalue weighted by Gasteiger charge is 2.51. The molecule has 2 heteroatoms. The van der Waals surface area contributed by atoms with E-state index < -0.39 is 5.60 Å². The highest BCUT2D eigenvalue weighted by molar-refractivity contribution is 5.50. The number of hydrogen-bond donors (Lipinski definition) is 2. The van der Waals surface area contributed by atoms with Crippen molar-refractivity contribution in [3.05, 3.63) is 63.7 Å². The molecule has 164 valence electrons. The maximum atomic E-state index is 11.0. The van der Waals surface area contributed by atoms with Crippen LogP contribution < -0.4 is 0 Å². The standard InChI is InChI=1S/C28H40O2/c1-8-27(9-2,22-15-19(6)26(29)20(7)16-22)21-12-13-23(18(5)14-21)24-17-25(24)28(30,10-3)11-4/h12-16,24-25,29-30H,8-11,17H2,1-7H3. The summed E-state index contributed by atoms with van der Waals surface area (Å²) in [5.41, 5.74) is 6.72. The van der Waals surface area contributed by atoms with E-state index in [0.29, 0.717) is 17.6 Å². The van der Waals surface area contributed by atoms with Crippen LogP contribution in [0.1, 0.15) is 99.1 Å². The molecule has 0 aliphatic heterocycles.